The molecule has 2 saturated heterocycles. The maximum absolute atomic E-state index is 12.3. The van der Waals surface area contributed by atoms with Crippen LogP contribution >= 0.6 is 0 Å². The van der Waals surface area contributed by atoms with Crippen molar-refractivity contribution in [2.24, 2.45) is 5.92 Å². The van der Waals surface area contributed by atoms with Crippen LogP contribution in [0, 0.1) is 5.92 Å². The summed E-state index contributed by atoms with van der Waals surface area (Å²) < 4.78 is 27.3. The van der Waals surface area contributed by atoms with Gasteiger partial charge in [-0.15, -0.1) is 0 Å². The molecule has 2 fully saturated rings. The van der Waals surface area contributed by atoms with Gasteiger partial charge in [0, 0.05) is 26.2 Å². The highest BCUT2D eigenvalue weighted by Gasteiger charge is 2.41. The van der Waals surface area contributed by atoms with E-state index >= 15 is 0 Å². The fourth-order valence-electron chi connectivity index (χ4n) is 2.60. The minimum absolute atomic E-state index is 0.105. The Balaban J connectivity index is 2.00. The van der Waals surface area contributed by atoms with E-state index in [0.717, 1.165) is 0 Å². The van der Waals surface area contributed by atoms with E-state index in [9.17, 15) is 18.3 Å². The standard InChI is InChI=1S/C11H20N2O5S/c1-11(16)4-7-13(8-11)19(17,18)12-5-2-9(3-6-12)10(14)15/h9,16H,2-8H2,1H3,(H,14,15). The molecule has 2 heterocycles. The van der Waals surface area contributed by atoms with Crippen LogP contribution in [0.5, 0.6) is 0 Å². The molecule has 0 amide bonds. The number of aliphatic hydroxyl groups is 1. The molecular weight excluding hydrogens is 272 g/mol. The van der Waals surface area contributed by atoms with Crippen molar-refractivity contribution < 1.29 is 23.4 Å². The van der Waals surface area contributed by atoms with Crippen molar-refractivity contribution in [2.45, 2.75) is 31.8 Å². The molecule has 2 rings (SSSR count). The number of piperidine rings is 1. The van der Waals surface area contributed by atoms with Crippen LogP contribution in [0.2, 0.25) is 0 Å². The molecule has 19 heavy (non-hydrogen) atoms. The molecule has 8 heteroatoms. The Bertz CT molecular complexity index is 454. The van der Waals surface area contributed by atoms with Gasteiger partial charge in [0.1, 0.15) is 0 Å². The first kappa shape index (κ1) is 14.7. The summed E-state index contributed by atoms with van der Waals surface area (Å²) in [7, 11) is -3.57. The maximum atomic E-state index is 12.3. The quantitative estimate of drug-likeness (QED) is 0.729. The zero-order valence-corrected chi connectivity index (χ0v) is 11.8. The minimum atomic E-state index is -3.57. The fourth-order valence-corrected chi connectivity index (χ4v) is 4.36. The predicted molar refractivity (Wildman–Crippen MR) is 67.7 cm³/mol. The van der Waals surface area contributed by atoms with Gasteiger partial charge in [0.25, 0.3) is 10.2 Å². The third-order valence-electron chi connectivity index (χ3n) is 3.87. The number of carboxylic acid groups (broad SMARTS) is 1. The SMILES string of the molecule is CC1(O)CCN(S(=O)(=O)N2CCC(C(=O)O)CC2)C1. The van der Waals surface area contributed by atoms with Crippen molar-refractivity contribution in [2.75, 3.05) is 26.2 Å². The third-order valence-corrected chi connectivity index (χ3v) is 5.85. The van der Waals surface area contributed by atoms with Gasteiger partial charge in [-0.2, -0.15) is 17.0 Å². The topological polar surface area (TPSA) is 98.2 Å². The first-order valence-electron chi connectivity index (χ1n) is 6.43. The lowest BCUT2D eigenvalue weighted by atomic mass is 9.99. The summed E-state index contributed by atoms with van der Waals surface area (Å²) in [6, 6.07) is 0. The second kappa shape index (κ2) is 5.01. The number of rotatable bonds is 3. The van der Waals surface area contributed by atoms with Crippen LogP contribution in [0.15, 0.2) is 0 Å². The molecule has 0 saturated carbocycles. The summed E-state index contributed by atoms with van der Waals surface area (Å²) in [6.45, 7) is 2.51. The Labute approximate surface area is 113 Å². The van der Waals surface area contributed by atoms with Gasteiger partial charge < -0.3 is 10.2 Å². The lowest BCUT2D eigenvalue weighted by Gasteiger charge is -2.32. The predicted octanol–water partition coefficient (Wildman–Crippen LogP) is -0.515. The molecular formula is C11H20N2O5S. The van der Waals surface area contributed by atoms with E-state index < -0.39 is 27.7 Å². The van der Waals surface area contributed by atoms with E-state index in [4.69, 9.17) is 5.11 Å². The molecule has 2 aliphatic rings. The van der Waals surface area contributed by atoms with E-state index in [1.165, 1.54) is 8.61 Å². The average Bonchev–Trinajstić information content (AvgIpc) is 2.70. The van der Waals surface area contributed by atoms with Crippen molar-refractivity contribution in [3.8, 4) is 0 Å². The number of β-amino-alcohol motifs (C(OH)–C–C–N with tert-alkyl or cyclic N) is 1. The van der Waals surface area contributed by atoms with Gasteiger partial charge in [0.05, 0.1) is 11.5 Å². The van der Waals surface area contributed by atoms with Gasteiger partial charge in [-0.25, -0.2) is 0 Å². The summed E-state index contributed by atoms with van der Waals surface area (Å²) >= 11 is 0. The van der Waals surface area contributed by atoms with Gasteiger partial charge in [-0.3, -0.25) is 4.79 Å². The number of carbonyl (C=O) groups is 1. The highest BCUT2D eigenvalue weighted by atomic mass is 32.2. The zero-order valence-electron chi connectivity index (χ0n) is 10.9. The van der Waals surface area contributed by atoms with Crippen molar-refractivity contribution >= 4 is 16.2 Å². The van der Waals surface area contributed by atoms with E-state index in [0.29, 0.717) is 25.8 Å². The number of hydrogen-bond acceptors (Lipinski definition) is 4. The van der Waals surface area contributed by atoms with Crippen molar-refractivity contribution in [3.63, 3.8) is 0 Å². The van der Waals surface area contributed by atoms with Crippen LogP contribution in [-0.2, 0) is 15.0 Å². The van der Waals surface area contributed by atoms with E-state index in [2.05, 4.69) is 0 Å². The molecule has 0 spiro atoms. The van der Waals surface area contributed by atoms with Crippen LogP contribution in [0.1, 0.15) is 26.2 Å². The summed E-state index contributed by atoms with van der Waals surface area (Å²) in [5.41, 5.74) is -0.966. The summed E-state index contributed by atoms with van der Waals surface area (Å²) in [5.74, 6) is -1.31. The molecule has 0 aromatic heterocycles. The van der Waals surface area contributed by atoms with Crippen molar-refractivity contribution in [3.05, 3.63) is 0 Å². The largest absolute Gasteiger partial charge is 0.481 e. The average molecular weight is 292 g/mol. The lowest BCUT2D eigenvalue weighted by Crippen LogP contribution is -2.48. The molecule has 1 atom stereocenters. The van der Waals surface area contributed by atoms with Crippen LogP contribution in [0.3, 0.4) is 0 Å². The zero-order chi connectivity index (χ0) is 14.3. The molecule has 0 aromatic rings. The highest BCUT2D eigenvalue weighted by Crippen LogP contribution is 2.27. The lowest BCUT2D eigenvalue weighted by molar-refractivity contribution is -0.142. The molecule has 0 radical (unpaired) electrons. The smallest absolute Gasteiger partial charge is 0.306 e. The van der Waals surface area contributed by atoms with Crippen molar-refractivity contribution in [1.29, 1.82) is 0 Å². The molecule has 2 N–H and O–H groups in total. The number of carboxylic acids is 1. The van der Waals surface area contributed by atoms with Gasteiger partial charge >= 0.3 is 5.97 Å². The second-order valence-electron chi connectivity index (χ2n) is 5.60. The molecule has 110 valence electrons. The van der Waals surface area contributed by atoms with Gasteiger partial charge in [-0.05, 0) is 26.2 Å². The van der Waals surface area contributed by atoms with Gasteiger partial charge in [-0.1, -0.05) is 0 Å². The van der Waals surface area contributed by atoms with E-state index in [1.807, 2.05) is 0 Å². The molecule has 7 nitrogen and oxygen atoms in total. The monoisotopic (exact) mass is 292 g/mol. The first-order valence-corrected chi connectivity index (χ1v) is 7.82. The molecule has 0 aliphatic carbocycles. The number of hydrogen-bond donors (Lipinski definition) is 2. The highest BCUT2D eigenvalue weighted by molar-refractivity contribution is 7.86. The Hall–Kier alpha value is -0.700. The number of nitrogens with zero attached hydrogens (tertiary/aromatic N) is 2. The van der Waals surface area contributed by atoms with Crippen LogP contribution < -0.4 is 0 Å². The van der Waals surface area contributed by atoms with Crippen LogP contribution in [0.25, 0.3) is 0 Å². The Morgan fingerprint density at radius 2 is 1.79 bits per heavy atom. The minimum Gasteiger partial charge on any atom is -0.481 e. The maximum Gasteiger partial charge on any atom is 0.306 e. The Morgan fingerprint density at radius 3 is 2.21 bits per heavy atom. The van der Waals surface area contributed by atoms with Gasteiger partial charge in [0.2, 0.25) is 0 Å². The Kier molecular flexibility index (Phi) is 3.87. The third kappa shape index (κ3) is 3.07. The van der Waals surface area contributed by atoms with Crippen LogP contribution in [0.4, 0.5) is 0 Å². The number of aliphatic carboxylic acids is 1. The fraction of sp³-hybridized carbons (Fsp3) is 0.909. The van der Waals surface area contributed by atoms with Gasteiger partial charge in [0.15, 0.2) is 0 Å². The second-order valence-corrected chi connectivity index (χ2v) is 7.53. The van der Waals surface area contributed by atoms with Crippen molar-refractivity contribution in [1.82, 2.24) is 8.61 Å². The summed E-state index contributed by atoms with van der Waals surface area (Å²) in [5, 5.41) is 18.7. The summed E-state index contributed by atoms with van der Waals surface area (Å²) in [6.07, 6.45) is 1.12. The molecule has 0 bridgehead atoms. The first-order chi connectivity index (χ1) is 8.72. The van der Waals surface area contributed by atoms with E-state index in [1.54, 1.807) is 6.92 Å². The van der Waals surface area contributed by atoms with Crippen LogP contribution in [-0.4, -0.2) is 65.0 Å². The normalized spacial score (nSPS) is 31.7. The molecule has 2 aliphatic heterocycles. The van der Waals surface area contributed by atoms with E-state index in [-0.39, 0.29) is 19.6 Å². The molecule has 1 unspecified atom stereocenters. The Morgan fingerprint density at radius 1 is 1.21 bits per heavy atom. The molecule has 0 aromatic carbocycles. The summed E-state index contributed by atoms with van der Waals surface area (Å²) in [4.78, 5) is 10.8.